The second kappa shape index (κ2) is 5.08. The van der Waals surface area contributed by atoms with Crippen molar-refractivity contribution in [3.63, 3.8) is 0 Å². The maximum Gasteiger partial charge on any atom is 0.255 e. The maximum absolute atomic E-state index is 12.0. The van der Waals surface area contributed by atoms with Gasteiger partial charge in [0.2, 0.25) is 5.91 Å². The molecule has 1 heterocycles. The molecule has 2 rings (SSSR count). The van der Waals surface area contributed by atoms with Gasteiger partial charge in [-0.05, 0) is 24.1 Å². The number of carbonyl (C=O) groups is 2. The molecule has 5 nitrogen and oxygen atoms in total. The van der Waals surface area contributed by atoms with E-state index in [0.29, 0.717) is 24.3 Å². The molecule has 0 bridgehead atoms. The number of benzene rings is 1. The quantitative estimate of drug-likeness (QED) is 0.771. The van der Waals surface area contributed by atoms with E-state index in [1.165, 1.54) is 4.90 Å². The molecule has 0 saturated heterocycles. The SMILES string of the molecule is CCCNC(=O)CN1Cc2ccc(N)cc2C1=O. The zero-order chi connectivity index (χ0) is 13.1. The minimum absolute atomic E-state index is 0.105. The Morgan fingerprint density at radius 2 is 2.28 bits per heavy atom. The first-order chi connectivity index (χ1) is 8.61. The largest absolute Gasteiger partial charge is 0.399 e. The van der Waals surface area contributed by atoms with Gasteiger partial charge < -0.3 is 16.0 Å². The monoisotopic (exact) mass is 247 g/mol. The van der Waals surface area contributed by atoms with Gasteiger partial charge in [0.05, 0.1) is 0 Å². The van der Waals surface area contributed by atoms with Crippen LogP contribution in [0.2, 0.25) is 0 Å². The number of nitrogens with zero attached hydrogens (tertiary/aromatic N) is 1. The van der Waals surface area contributed by atoms with E-state index in [9.17, 15) is 9.59 Å². The second-order valence-electron chi connectivity index (χ2n) is 4.43. The van der Waals surface area contributed by atoms with Gasteiger partial charge in [-0.2, -0.15) is 0 Å². The molecule has 1 aliphatic rings. The first kappa shape index (κ1) is 12.4. The second-order valence-corrected chi connectivity index (χ2v) is 4.43. The lowest BCUT2D eigenvalue weighted by atomic mass is 10.1. The number of hydrogen-bond donors (Lipinski definition) is 2. The molecule has 18 heavy (non-hydrogen) atoms. The summed E-state index contributed by atoms with van der Waals surface area (Å²) >= 11 is 0. The van der Waals surface area contributed by atoms with Crippen molar-refractivity contribution in [3.05, 3.63) is 29.3 Å². The third-order valence-electron chi connectivity index (χ3n) is 2.92. The number of nitrogens with one attached hydrogen (secondary N) is 1. The third kappa shape index (κ3) is 2.45. The van der Waals surface area contributed by atoms with Gasteiger partial charge in [-0.1, -0.05) is 13.0 Å². The average Bonchev–Trinajstić information content (AvgIpc) is 2.64. The van der Waals surface area contributed by atoms with Crippen LogP contribution in [0.15, 0.2) is 18.2 Å². The molecule has 1 aliphatic heterocycles. The Hall–Kier alpha value is -2.04. The topological polar surface area (TPSA) is 75.4 Å². The van der Waals surface area contributed by atoms with Crippen LogP contribution in [0.3, 0.4) is 0 Å². The van der Waals surface area contributed by atoms with Crippen LogP contribution < -0.4 is 11.1 Å². The predicted molar refractivity (Wildman–Crippen MR) is 68.9 cm³/mol. The molecular weight excluding hydrogens is 230 g/mol. The minimum atomic E-state index is -0.121. The van der Waals surface area contributed by atoms with E-state index in [4.69, 9.17) is 5.73 Å². The molecule has 1 aromatic carbocycles. The lowest BCUT2D eigenvalue weighted by Crippen LogP contribution is -2.37. The van der Waals surface area contributed by atoms with E-state index in [-0.39, 0.29) is 18.4 Å². The Kier molecular flexibility index (Phi) is 3.50. The van der Waals surface area contributed by atoms with Crippen molar-refractivity contribution in [2.75, 3.05) is 18.8 Å². The van der Waals surface area contributed by atoms with Crippen LogP contribution in [0.1, 0.15) is 29.3 Å². The van der Waals surface area contributed by atoms with E-state index in [1.807, 2.05) is 13.0 Å². The summed E-state index contributed by atoms with van der Waals surface area (Å²) in [6.45, 7) is 3.21. The number of nitrogens with two attached hydrogens (primary N) is 1. The van der Waals surface area contributed by atoms with Crippen LogP contribution >= 0.6 is 0 Å². The number of rotatable bonds is 4. The first-order valence-electron chi connectivity index (χ1n) is 6.06. The van der Waals surface area contributed by atoms with Crippen molar-refractivity contribution in [2.24, 2.45) is 0 Å². The molecule has 0 unspecified atom stereocenters. The Morgan fingerprint density at radius 1 is 1.50 bits per heavy atom. The number of carbonyl (C=O) groups excluding carboxylic acids is 2. The van der Waals surface area contributed by atoms with Gasteiger partial charge in [-0.25, -0.2) is 0 Å². The van der Waals surface area contributed by atoms with E-state index >= 15 is 0 Å². The van der Waals surface area contributed by atoms with Crippen LogP contribution in [0, 0.1) is 0 Å². The van der Waals surface area contributed by atoms with Gasteiger partial charge in [0.25, 0.3) is 5.91 Å². The fraction of sp³-hybridized carbons (Fsp3) is 0.385. The van der Waals surface area contributed by atoms with Crippen LogP contribution in [-0.2, 0) is 11.3 Å². The van der Waals surface area contributed by atoms with Gasteiger partial charge in [-0.3, -0.25) is 9.59 Å². The first-order valence-corrected chi connectivity index (χ1v) is 6.06. The predicted octanol–water partition coefficient (Wildman–Crippen LogP) is 0.751. The highest BCUT2D eigenvalue weighted by atomic mass is 16.2. The Labute approximate surface area is 106 Å². The molecule has 0 saturated carbocycles. The highest BCUT2D eigenvalue weighted by Crippen LogP contribution is 2.24. The van der Waals surface area contributed by atoms with Gasteiger partial charge in [0.15, 0.2) is 0 Å². The van der Waals surface area contributed by atoms with Gasteiger partial charge >= 0.3 is 0 Å². The molecule has 5 heteroatoms. The fourth-order valence-corrected chi connectivity index (χ4v) is 2.00. The normalized spacial score (nSPS) is 13.6. The third-order valence-corrected chi connectivity index (χ3v) is 2.92. The highest BCUT2D eigenvalue weighted by molar-refractivity contribution is 6.00. The van der Waals surface area contributed by atoms with Crippen LogP contribution in [-0.4, -0.2) is 29.8 Å². The summed E-state index contributed by atoms with van der Waals surface area (Å²) in [5.41, 5.74) is 7.76. The zero-order valence-electron chi connectivity index (χ0n) is 10.4. The summed E-state index contributed by atoms with van der Waals surface area (Å²) in [5, 5.41) is 2.76. The lowest BCUT2D eigenvalue weighted by Gasteiger charge is -2.14. The van der Waals surface area contributed by atoms with E-state index in [2.05, 4.69) is 5.32 Å². The Bertz CT molecular complexity index is 485. The summed E-state index contributed by atoms with van der Waals surface area (Å²) < 4.78 is 0. The summed E-state index contributed by atoms with van der Waals surface area (Å²) in [7, 11) is 0. The molecule has 1 aromatic rings. The molecule has 3 N–H and O–H groups in total. The number of nitrogen functional groups attached to an aromatic ring is 1. The Morgan fingerprint density at radius 3 is 3.00 bits per heavy atom. The molecule has 0 aliphatic carbocycles. The smallest absolute Gasteiger partial charge is 0.255 e. The summed E-state index contributed by atoms with van der Waals surface area (Å²) in [5.74, 6) is -0.241. The molecule has 0 aromatic heterocycles. The average molecular weight is 247 g/mol. The molecule has 0 fully saturated rings. The highest BCUT2D eigenvalue weighted by Gasteiger charge is 2.28. The summed E-state index contributed by atoms with van der Waals surface area (Å²) in [6.07, 6.45) is 0.885. The minimum Gasteiger partial charge on any atom is -0.399 e. The van der Waals surface area contributed by atoms with Crippen molar-refractivity contribution < 1.29 is 9.59 Å². The Balaban J connectivity index is 2.03. The van der Waals surface area contributed by atoms with Crippen molar-refractivity contribution in [1.82, 2.24) is 10.2 Å². The molecule has 0 radical (unpaired) electrons. The van der Waals surface area contributed by atoms with E-state index in [0.717, 1.165) is 12.0 Å². The van der Waals surface area contributed by atoms with Crippen molar-refractivity contribution >= 4 is 17.5 Å². The van der Waals surface area contributed by atoms with Gasteiger partial charge in [-0.15, -0.1) is 0 Å². The van der Waals surface area contributed by atoms with E-state index in [1.54, 1.807) is 12.1 Å². The van der Waals surface area contributed by atoms with Crippen molar-refractivity contribution in [1.29, 1.82) is 0 Å². The summed E-state index contributed by atoms with van der Waals surface area (Å²) in [4.78, 5) is 25.2. The van der Waals surface area contributed by atoms with Gasteiger partial charge in [0.1, 0.15) is 6.54 Å². The summed E-state index contributed by atoms with van der Waals surface area (Å²) in [6, 6.07) is 5.28. The number of hydrogen-bond acceptors (Lipinski definition) is 3. The number of fused-ring (bicyclic) bond motifs is 1. The molecule has 96 valence electrons. The molecule has 0 spiro atoms. The fourth-order valence-electron chi connectivity index (χ4n) is 2.00. The molecule has 0 atom stereocenters. The van der Waals surface area contributed by atoms with Crippen LogP contribution in [0.25, 0.3) is 0 Å². The van der Waals surface area contributed by atoms with Gasteiger partial charge in [0, 0.05) is 24.3 Å². The van der Waals surface area contributed by atoms with Crippen molar-refractivity contribution in [2.45, 2.75) is 19.9 Å². The number of anilines is 1. The van der Waals surface area contributed by atoms with E-state index < -0.39 is 0 Å². The number of amides is 2. The van der Waals surface area contributed by atoms with Crippen LogP contribution in [0.5, 0.6) is 0 Å². The molecular formula is C13H17N3O2. The van der Waals surface area contributed by atoms with Crippen LogP contribution in [0.4, 0.5) is 5.69 Å². The zero-order valence-corrected chi connectivity index (χ0v) is 10.4. The lowest BCUT2D eigenvalue weighted by molar-refractivity contribution is -0.121. The van der Waals surface area contributed by atoms with Crippen molar-refractivity contribution in [3.8, 4) is 0 Å². The standard InChI is InChI=1S/C13H17N3O2/c1-2-5-15-12(17)8-16-7-9-3-4-10(14)6-11(9)13(16)18/h3-4,6H,2,5,7-8,14H2,1H3,(H,15,17). The maximum atomic E-state index is 12.0. The molecule has 2 amide bonds.